The molecule has 0 radical (unpaired) electrons. The van der Waals surface area contributed by atoms with Gasteiger partial charge in [-0.2, -0.15) is 0 Å². The number of anilines is 6. The van der Waals surface area contributed by atoms with Gasteiger partial charge in [0.15, 0.2) is 0 Å². The van der Waals surface area contributed by atoms with Crippen molar-refractivity contribution in [1.29, 1.82) is 0 Å². The van der Waals surface area contributed by atoms with Crippen LogP contribution in [-0.4, -0.2) is 6.71 Å². The maximum atomic E-state index is 8.89. The van der Waals surface area contributed by atoms with Gasteiger partial charge < -0.3 is 18.6 Å². The fourth-order valence-electron chi connectivity index (χ4n) is 19.0. The van der Waals surface area contributed by atoms with Crippen molar-refractivity contribution < 1.29 is 12.9 Å². The second-order valence-electron chi connectivity index (χ2n) is 34.8. The minimum absolute atomic E-state index is 0.0688. The van der Waals surface area contributed by atoms with Crippen LogP contribution in [0.5, 0.6) is 0 Å². The molecule has 2 aliphatic rings. The first-order valence-electron chi connectivity index (χ1n) is 41.9. The van der Waals surface area contributed by atoms with Gasteiger partial charge in [0, 0.05) is 111 Å². The standard InChI is InChI=1S/C109H83BN2O2S2/c1-64-47-54-72(83(57-64)66-27-12-11-13-28-66)68-51-56-87-89(59-68)111(105-77(73-35-25-45-98-102(73)81-31-16-20-43-96(81)115-98)37-22-38-78(105)74-36-26-46-99-103(74)82-32-17-21-44-97(82)116-99)90-62-71(109(8,9)10)63-91-104(90)110(87)86-55-50-67(65-48-52-69(53-49-65)107(2,3)4)58-88(86)112(91)106-84(75-33-23-41-94-100(75)79-29-14-18-39-92(79)113-94)60-70(108(5,6)7)61-85(106)76-34-24-42-95-101(76)80-30-15-19-40-93(80)114-95/h11-63H,1-10H3/i1D3. The summed E-state index contributed by atoms with van der Waals surface area (Å²) in [6.07, 6.45) is 0. The number of hydrogen-bond donors (Lipinski definition) is 0. The van der Waals surface area contributed by atoms with E-state index >= 15 is 0 Å². The molecule has 7 heteroatoms. The Balaban J connectivity index is 0.939. The van der Waals surface area contributed by atoms with E-state index in [9.17, 15) is 0 Å². The molecular formula is C109H83BN2O2S2. The van der Waals surface area contributed by atoms with Crippen LogP contribution in [0, 0.1) is 6.85 Å². The quantitative estimate of drug-likeness (QED) is 0.135. The Morgan fingerprint density at radius 3 is 1.22 bits per heavy atom. The Kier molecular flexibility index (Phi) is 15.0. The van der Waals surface area contributed by atoms with Crippen LogP contribution in [0.2, 0.25) is 0 Å². The van der Waals surface area contributed by atoms with E-state index in [2.05, 4.69) is 363 Å². The topological polar surface area (TPSA) is 32.8 Å². The molecule has 20 aromatic rings. The average Bonchev–Trinajstić information content (AvgIpc) is 0.893. The van der Waals surface area contributed by atoms with Gasteiger partial charge in [0.1, 0.15) is 22.3 Å². The summed E-state index contributed by atoms with van der Waals surface area (Å²) in [5.74, 6) is 0. The van der Waals surface area contributed by atoms with Crippen LogP contribution >= 0.6 is 22.7 Å². The van der Waals surface area contributed by atoms with Gasteiger partial charge in [0.05, 0.1) is 11.4 Å². The summed E-state index contributed by atoms with van der Waals surface area (Å²) in [4.78, 5) is 5.41. The second kappa shape index (κ2) is 26.1. The van der Waals surface area contributed by atoms with Gasteiger partial charge in [-0.05, 0) is 197 Å². The first-order valence-corrected chi connectivity index (χ1v) is 42.0. The molecule has 0 amide bonds. The minimum atomic E-state index is -2.36. The molecule has 0 spiro atoms. The van der Waals surface area contributed by atoms with E-state index in [0.717, 1.165) is 178 Å². The van der Waals surface area contributed by atoms with Crippen molar-refractivity contribution in [2.75, 3.05) is 9.80 Å². The number of hydrogen-bond acceptors (Lipinski definition) is 6. The van der Waals surface area contributed by atoms with Crippen molar-refractivity contribution in [3.8, 4) is 77.9 Å². The molecule has 0 bridgehead atoms. The highest BCUT2D eigenvalue weighted by atomic mass is 32.1. The number of nitrogens with zero attached hydrogens (tertiary/aromatic N) is 2. The Morgan fingerprint density at radius 2 is 0.690 bits per heavy atom. The van der Waals surface area contributed by atoms with E-state index < -0.39 is 12.3 Å². The lowest BCUT2D eigenvalue weighted by Crippen LogP contribution is -2.61. The highest BCUT2D eigenvalue weighted by Crippen LogP contribution is 2.59. The summed E-state index contributed by atoms with van der Waals surface area (Å²) in [5.41, 5.74) is 30.5. The minimum Gasteiger partial charge on any atom is -0.456 e. The van der Waals surface area contributed by atoms with E-state index in [-0.39, 0.29) is 23.1 Å². The molecule has 6 heterocycles. The van der Waals surface area contributed by atoms with Gasteiger partial charge >= 0.3 is 0 Å². The maximum Gasteiger partial charge on any atom is 0.252 e. The molecule has 16 aromatic carbocycles. The number of rotatable bonds is 9. The van der Waals surface area contributed by atoms with Crippen LogP contribution in [0.4, 0.5) is 34.1 Å². The van der Waals surface area contributed by atoms with Crippen LogP contribution in [-0.2, 0) is 16.2 Å². The maximum absolute atomic E-state index is 8.89. The van der Waals surface area contributed by atoms with Crippen molar-refractivity contribution in [2.24, 2.45) is 0 Å². The van der Waals surface area contributed by atoms with E-state index in [1.807, 2.05) is 53.0 Å². The molecule has 0 saturated carbocycles. The van der Waals surface area contributed by atoms with Gasteiger partial charge in [0.25, 0.3) is 6.71 Å². The lowest BCUT2D eigenvalue weighted by molar-refractivity contribution is 0.590. The Labute approximate surface area is 689 Å². The number of fused-ring (bicyclic) bond motifs is 16. The summed E-state index contributed by atoms with van der Waals surface area (Å²) in [7, 11) is 0. The van der Waals surface area contributed by atoms with Gasteiger partial charge in [-0.3, -0.25) is 0 Å². The molecule has 0 aliphatic carbocycles. The largest absolute Gasteiger partial charge is 0.456 e. The third kappa shape index (κ3) is 11.0. The summed E-state index contributed by atoms with van der Waals surface area (Å²) in [6.45, 7) is 18.3. The number of thiophene rings is 2. The van der Waals surface area contributed by atoms with Crippen molar-refractivity contribution in [3.63, 3.8) is 0 Å². The van der Waals surface area contributed by atoms with Crippen molar-refractivity contribution in [3.05, 3.63) is 344 Å². The zero-order valence-corrected chi connectivity index (χ0v) is 67.8. The van der Waals surface area contributed by atoms with Gasteiger partial charge in [-0.1, -0.05) is 304 Å². The predicted molar refractivity (Wildman–Crippen MR) is 500 cm³/mol. The molecule has 0 fully saturated rings. The number of furan rings is 2. The summed E-state index contributed by atoms with van der Waals surface area (Å²) in [6, 6.07) is 119. The molecule has 0 N–H and O–H groups in total. The SMILES string of the molecule is [2H]C([2H])([2H])c1ccc(-c2ccc3c(c2)N(c2c(-c4cccc5sc6ccccc6c45)cccc2-c2cccc4sc5ccccc5c24)c2cc(C(C)(C)C)cc4c2B3c2ccc(-c3ccc(C(C)(C)C)cc3)cc2N4c2c(-c3cccc4oc5ccccc5c34)cc(C(C)(C)C)cc2-c2cccc3oc4ccccc4c23)c(-c2ccccc2)c1. The van der Waals surface area contributed by atoms with Crippen LogP contribution in [0.15, 0.2) is 330 Å². The Bertz CT molecular complexity index is 7360. The third-order valence-corrected chi connectivity index (χ3v) is 26.9. The molecule has 22 rings (SSSR count). The fourth-order valence-corrected chi connectivity index (χ4v) is 21.3. The molecule has 0 atom stereocenters. The smallest absolute Gasteiger partial charge is 0.252 e. The summed E-state index contributed by atoms with van der Waals surface area (Å²) < 4.78 is 45.6. The van der Waals surface area contributed by atoms with Gasteiger partial charge in [-0.15, -0.1) is 22.7 Å². The zero-order valence-electron chi connectivity index (χ0n) is 69.2. The lowest BCUT2D eigenvalue weighted by atomic mass is 9.33. The first-order chi connectivity index (χ1) is 57.6. The summed E-state index contributed by atoms with van der Waals surface area (Å²) in [5, 5.41) is 9.04. The highest BCUT2D eigenvalue weighted by Gasteiger charge is 2.47. The van der Waals surface area contributed by atoms with E-state index in [1.165, 1.54) is 51.5 Å². The Morgan fingerprint density at radius 1 is 0.276 bits per heavy atom. The molecule has 0 saturated heterocycles. The molecule has 0 unspecified atom stereocenters. The molecule has 556 valence electrons. The fraction of sp³-hybridized carbons (Fsp3) is 0.119. The van der Waals surface area contributed by atoms with E-state index in [1.54, 1.807) is 0 Å². The monoisotopic (exact) mass is 1530 g/mol. The third-order valence-electron chi connectivity index (χ3n) is 24.7. The first kappa shape index (κ1) is 66.6. The number of benzene rings is 16. The molecule has 116 heavy (non-hydrogen) atoms. The van der Waals surface area contributed by atoms with Crippen LogP contribution in [0.25, 0.3) is 162 Å². The van der Waals surface area contributed by atoms with Crippen LogP contribution in [0.3, 0.4) is 0 Å². The normalized spacial score (nSPS) is 13.5. The van der Waals surface area contributed by atoms with Crippen molar-refractivity contribution >= 4 is 164 Å². The van der Waals surface area contributed by atoms with Crippen LogP contribution < -0.4 is 26.2 Å². The molecule has 4 nitrogen and oxygen atoms in total. The highest BCUT2D eigenvalue weighted by molar-refractivity contribution is 7.26. The molecule has 4 aromatic heterocycles. The van der Waals surface area contributed by atoms with Crippen molar-refractivity contribution in [2.45, 2.75) is 85.4 Å². The molecule has 2 aliphatic heterocycles. The predicted octanol–water partition coefficient (Wildman–Crippen LogP) is 30.2. The van der Waals surface area contributed by atoms with Gasteiger partial charge in [0.2, 0.25) is 0 Å². The second-order valence-corrected chi connectivity index (χ2v) is 36.9. The van der Waals surface area contributed by atoms with Crippen molar-refractivity contribution in [1.82, 2.24) is 0 Å². The zero-order chi connectivity index (χ0) is 80.9. The average molecular weight is 1530 g/mol. The number of para-hydroxylation sites is 3. The number of aryl methyl sites for hydroxylation is 1. The lowest BCUT2D eigenvalue weighted by Gasteiger charge is -2.46. The van der Waals surface area contributed by atoms with E-state index in [4.69, 9.17) is 12.9 Å². The Hall–Kier alpha value is -12.8. The molecular weight excluding hydrogens is 1440 g/mol. The van der Waals surface area contributed by atoms with Gasteiger partial charge in [-0.25, -0.2) is 0 Å². The van der Waals surface area contributed by atoms with Crippen LogP contribution in [0.1, 0.15) is 88.7 Å². The summed E-state index contributed by atoms with van der Waals surface area (Å²) >= 11 is 3.69. The van der Waals surface area contributed by atoms with E-state index in [0.29, 0.717) is 0 Å².